The minimum absolute atomic E-state index is 0.386. The molecule has 0 heterocycles. The Hall–Kier alpha value is 0.901. The van der Waals surface area contributed by atoms with Crippen LogP contribution in [-0.2, 0) is 4.74 Å². The van der Waals surface area contributed by atoms with Gasteiger partial charge >= 0.3 is 0 Å². The topological polar surface area (TPSA) is 9.23 Å². The molecule has 50 valence electrons. The molecule has 0 bridgehead atoms. The quantitative estimate of drug-likeness (QED) is 0.277. The van der Waals surface area contributed by atoms with Gasteiger partial charge in [0.05, 0.1) is 0 Å². The van der Waals surface area contributed by atoms with Crippen LogP contribution in [0.2, 0.25) is 6.04 Å². The molecule has 0 spiro atoms. The lowest BCUT2D eigenvalue weighted by Gasteiger charge is -1.94. The molecule has 0 saturated carbocycles. The van der Waals surface area contributed by atoms with Gasteiger partial charge in [-0.1, -0.05) is 11.6 Å². The molecule has 8 heavy (non-hydrogen) atoms. The maximum atomic E-state index is 5.29. The molecular formula is C3H13ClOSi3. The summed E-state index contributed by atoms with van der Waals surface area (Å²) in [6.45, 7) is 0.935. The highest BCUT2D eigenvalue weighted by molar-refractivity contribution is 7.23. The molecule has 0 N–H and O–H groups in total. The van der Waals surface area contributed by atoms with E-state index in [0.29, 0.717) is 23.7 Å². The molecule has 0 radical (unpaired) electrons. The van der Waals surface area contributed by atoms with Gasteiger partial charge in [-0.3, -0.25) is 0 Å². The van der Waals surface area contributed by atoms with Crippen molar-refractivity contribution in [2.75, 3.05) is 12.7 Å². The number of hydrogen-bond donors (Lipinski definition) is 0. The molecule has 0 aromatic rings. The fraction of sp³-hybridized carbons (Fsp3) is 1.00. The third kappa shape index (κ3) is 6.90. The Morgan fingerprint density at radius 1 is 1.62 bits per heavy atom. The fourth-order valence-corrected chi connectivity index (χ4v) is 8.14. The van der Waals surface area contributed by atoms with E-state index in [-0.39, 0.29) is 0 Å². The van der Waals surface area contributed by atoms with Gasteiger partial charge in [0, 0.05) is 15.6 Å². The molecule has 1 nitrogen and oxygen atoms in total. The van der Waals surface area contributed by atoms with Crippen LogP contribution in [-0.4, -0.2) is 40.0 Å². The molecule has 0 aliphatic carbocycles. The minimum atomic E-state index is 0.386. The van der Waals surface area contributed by atoms with Gasteiger partial charge in [-0.2, -0.15) is 0 Å². The van der Waals surface area contributed by atoms with Crippen LogP contribution in [0, 0.1) is 0 Å². The molecule has 0 aliphatic rings. The molecular weight excluding hydrogens is 172 g/mol. The van der Waals surface area contributed by atoms with Crippen molar-refractivity contribution in [2.45, 2.75) is 6.04 Å². The maximum absolute atomic E-state index is 5.29. The SMILES string of the molecule is [SiH3][SiH2][SiH2]CCOCCl. The summed E-state index contributed by atoms with van der Waals surface area (Å²) in [5, 5.41) is 0. The first-order chi connectivity index (χ1) is 3.91. The first kappa shape index (κ1) is 8.90. The lowest BCUT2D eigenvalue weighted by molar-refractivity contribution is 0.195. The molecule has 0 saturated heterocycles. The van der Waals surface area contributed by atoms with Crippen LogP contribution in [0.3, 0.4) is 0 Å². The molecule has 5 heteroatoms. The summed E-state index contributed by atoms with van der Waals surface area (Å²) in [6, 6.07) is 1.76. The minimum Gasteiger partial charge on any atom is -0.366 e. The van der Waals surface area contributed by atoms with Crippen LogP contribution >= 0.6 is 11.6 Å². The van der Waals surface area contributed by atoms with Gasteiger partial charge in [0.25, 0.3) is 0 Å². The lowest BCUT2D eigenvalue weighted by atomic mass is 10.9. The van der Waals surface area contributed by atoms with Crippen molar-refractivity contribution in [2.24, 2.45) is 0 Å². The average molecular weight is 185 g/mol. The van der Waals surface area contributed by atoms with Crippen molar-refractivity contribution in [3.8, 4) is 0 Å². The Labute approximate surface area is 62.8 Å². The summed E-state index contributed by atoms with van der Waals surface area (Å²) in [5.41, 5.74) is 0. The van der Waals surface area contributed by atoms with Crippen LogP contribution in [0.1, 0.15) is 0 Å². The van der Waals surface area contributed by atoms with Crippen molar-refractivity contribution < 1.29 is 4.74 Å². The highest BCUT2D eigenvalue weighted by Gasteiger charge is 1.84. The van der Waals surface area contributed by atoms with Crippen molar-refractivity contribution in [1.82, 2.24) is 0 Å². The lowest BCUT2D eigenvalue weighted by Crippen LogP contribution is -2.05. The van der Waals surface area contributed by atoms with Crippen LogP contribution < -0.4 is 0 Å². The van der Waals surface area contributed by atoms with Gasteiger partial charge in [0.1, 0.15) is 6.07 Å². The zero-order valence-electron chi connectivity index (χ0n) is 5.32. The molecule has 0 amide bonds. The van der Waals surface area contributed by atoms with Crippen molar-refractivity contribution >= 4 is 39.0 Å². The Balaban J connectivity index is 2.53. The molecule has 0 aliphatic heterocycles. The highest BCUT2D eigenvalue weighted by Crippen LogP contribution is 1.82. The summed E-state index contributed by atoms with van der Waals surface area (Å²) in [6.07, 6.45) is 0. The van der Waals surface area contributed by atoms with Gasteiger partial charge < -0.3 is 4.74 Å². The van der Waals surface area contributed by atoms with E-state index < -0.39 is 0 Å². The Morgan fingerprint density at radius 3 is 2.88 bits per heavy atom. The monoisotopic (exact) mass is 184 g/mol. The summed E-state index contributed by atoms with van der Waals surface area (Å²) < 4.78 is 4.97. The van der Waals surface area contributed by atoms with E-state index in [2.05, 4.69) is 0 Å². The van der Waals surface area contributed by atoms with Gasteiger partial charge in [-0.15, -0.1) is 0 Å². The molecule has 0 rings (SSSR count). The standard InChI is InChI=1S/C3H13ClOSi3/c4-3-5-1-2-7-8-6/h1-3,7-8H2,6H3. The normalized spacial score (nSPS) is 13.1. The second-order valence-corrected chi connectivity index (χ2v) is 18.5. The second kappa shape index (κ2) is 7.90. The van der Waals surface area contributed by atoms with E-state index in [4.69, 9.17) is 16.3 Å². The molecule has 0 aromatic carbocycles. The predicted molar refractivity (Wildman–Crippen MR) is 48.5 cm³/mol. The Morgan fingerprint density at radius 2 is 2.38 bits per heavy atom. The number of halogens is 1. The zero-order chi connectivity index (χ0) is 6.24. The van der Waals surface area contributed by atoms with Crippen molar-refractivity contribution in [3.63, 3.8) is 0 Å². The van der Waals surface area contributed by atoms with Crippen LogP contribution in [0.4, 0.5) is 0 Å². The summed E-state index contributed by atoms with van der Waals surface area (Å²) in [4.78, 5) is 0. The third-order valence-electron chi connectivity index (χ3n) is 0.969. The van der Waals surface area contributed by atoms with E-state index in [0.717, 1.165) is 6.61 Å². The maximum Gasteiger partial charge on any atom is 0.120 e. The van der Waals surface area contributed by atoms with Crippen molar-refractivity contribution in [1.29, 1.82) is 0 Å². The van der Waals surface area contributed by atoms with E-state index in [1.54, 1.807) is 0 Å². The molecule has 0 unspecified atom stereocenters. The summed E-state index contributed by atoms with van der Waals surface area (Å²) in [5.74, 6) is 0. The molecule has 0 fully saturated rings. The van der Waals surface area contributed by atoms with Gasteiger partial charge in [-0.05, 0) is 24.4 Å². The smallest absolute Gasteiger partial charge is 0.120 e. The second-order valence-electron chi connectivity index (χ2n) is 1.72. The van der Waals surface area contributed by atoms with E-state index >= 15 is 0 Å². The van der Waals surface area contributed by atoms with Crippen LogP contribution in [0.25, 0.3) is 0 Å². The number of rotatable bonds is 5. The van der Waals surface area contributed by atoms with Crippen LogP contribution in [0.15, 0.2) is 0 Å². The van der Waals surface area contributed by atoms with Gasteiger partial charge in [0.15, 0.2) is 0 Å². The third-order valence-corrected chi connectivity index (χ3v) is 12.6. The largest absolute Gasteiger partial charge is 0.366 e. The number of alkyl halides is 1. The van der Waals surface area contributed by atoms with Crippen LogP contribution in [0.5, 0.6) is 0 Å². The summed E-state index contributed by atoms with van der Waals surface area (Å²) in [7, 11) is 2.48. The molecule has 0 atom stereocenters. The fourth-order valence-electron chi connectivity index (χ4n) is 0.509. The Kier molecular flexibility index (Phi) is 8.79. The first-order valence-electron chi connectivity index (χ1n) is 3.05. The summed E-state index contributed by atoms with van der Waals surface area (Å²) >= 11 is 5.29. The van der Waals surface area contributed by atoms with E-state index in [1.807, 2.05) is 0 Å². The van der Waals surface area contributed by atoms with E-state index in [1.165, 1.54) is 15.8 Å². The Bertz CT molecular complexity index is 39.5. The van der Waals surface area contributed by atoms with Crippen molar-refractivity contribution in [3.05, 3.63) is 0 Å². The first-order valence-corrected chi connectivity index (χ1v) is 14.2. The highest BCUT2D eigenvalue weighted by atomic mass is 35.5. The van der Waals surface area contributed by atoms with E-state index in [9.17, 15) is 0 Å². The number of ether oxygens (including phenoxy) is 1. The van der Waals surface area contributed by atoms with Gasteiger partial charge in [0.2, 0.25) is 0 Å². The van der Waals surface area contributed by atoms with Gasteiger partial charge in [-0.25, -0.2) is 0 Å². The average Bonchev–Trinajstić information content (AvgIpc) is 1.81. The zero-order valence-corrected chi connectivity index (χ0v) is 10.9. The molecule has 0 aromatic heterocycles. The number of hydrogen-bond acceptors (Lipinski definition) is 1. The predicted octanol–water partition coefficient (Wildman–Crippen LogP) is -1.85.